The molecule has 0 saturated heterocycles. The van der Waals surface area contributed by atoms with Crippen LogP contribution in [0.3, 0.4) is 0 Å². The molecule has 0 radical (unpaired) electrons. The summed E-state index contributed by atoms with van der Waals surface area (Å²) in [5.41, 5.74) is 3.65. The minimum absolute atomic E-state index is 0. The molecule has 0 heterocycles. The van der Waals surface area contributed by atoms with Crippen molar-refractivity contribution in [2.45, 2.75) is 117 Å². The van der Waals surface area contributed by atoms with Crippen LogP contribution in [0.5, 0.6) is 0 Å². The Morgan fingerprint density at radius 2 is 1.45 bits per heavy atom. The molecule has 0 amide bonds. The van der Waals surface area contributed by atoms with Crippen LogP contribution in [0, 0.1) is 0 Å². The molecule has 3 heteroatoms. The summed E-state index contributed by atoms with van der Waals surface area (Å²) in [7, 11) is -1.35. The quantitative estimate of drug-likeness (QED) is 0.158. The number of hydrogen-bond acceptors (Lipinski definition) is 1. The zero-order valence-electron chi connectivity index (χ0n) is 20.5. The van der Waals surface area contributed by atoms with Gasteiger partial charge in [-0.05, 0) is 55.8 Å². The molecule has 0 bridgehead atoms. The third-order valence-electron chi connectivity index (χ3n) is 5.80. The Morgan fingerprint density at radius 3 is 1.72 bits per heavy atom. The summed E-state index contributed by atoms with van der Waals surface area (Å²) in [6, 6.07) is 0. The molecule has 3 unspecified atom stereocenters. The Hall–Kier alpha value is -0.0957. The van der Waals surface area contributed by atoms with E-state index in [0.29, 0.717) is 0 Å². The summed E-state index contributed by atoms with van der Waals surface area (Å²) in [6.07, 6.45) is 22.5. The van der Waals surface area contributed by atoms with Gasteiger partial charge in [0.1, 0.15) is 0 Å². The van der Waals surface area contributed by atoms with Crippen LogP contribution in [0.15, 0.2) is 53.5 Å². The third kappa shape index (κ3) is 10.7. The van der Waals surface area contributed by atoms with Crippen LogP contribution in [0.25, 0.3) is 0 Å². The van der Waals surface area contributed by atoms with Gasteiger partial charge < -0.3 is 0 Å². The molecule has 0 aromatic rings. The summed E-state index contributed by atoms with van der Waals surface area (Å²) in [4.78, 5) is 0. The van der Waals surface area contributed by atoms with Crippen LogP contribution in [0.2, 0.25) is 0 Å². The molecule has 1 aliphatic rings. The molecule has 1 aliphatic carbocycles. The molecule has 0 fully saturated rings. The number of nitrogens with zero attached hydrogens (tertiary/aromatic N) is 1. The molecule has 0 aromatic heterocycles. The third-order valence-corrected chi connectivity index (χ3v) is 11.4. The maximum Gasteiger partial charge on any atom is 0.0425 e. The Labute approximate surface area is 198 Å². The molecule has 0 N–H and O–H groups in total. The molecule has 166 valence electrons. The van der Waals surface area contributed by atoms with Gasteiger partial charge >= 0.3 is 0 Å². The van der Waals surface area contributed by atoms with Gasteiger partial charge in [0.05, 0.1) is 0 Å². The van der Waals surface area contributed by atoms with Crippen LogP contribution in [-0.2, 0) is 21.7 Å². The average molecular weight is 454 g/mol. The molecule has 0 spiro atoms. The zero-order chi connectivity index (χ0) is 21.4. The molecule has 29 heavy (non-hydrogen) atoms. The van der Waals surface area contributed by atoms with E-state index in [1.807, 2.05) is 6.08 Å². The molecule has 3 atom stereocenters. The van der Waals surface area contributed by atoms with Crippen molar-refractivity contribution in [3.05, 3.63) is 48.7 Å². The predicted molar refractivity (Wildman–Crippen MR) is 134 cm³/mol. The van der Waals surface area contributed by atoms with Crippen LogP contribution < -0.4 is 0 Å². The predicted octanol–water partition coefficient (Wildman–Crippen LogP) is 9.73. The van der Waals surface area contributed by atoms with E-state index in [9.17, 15) is 0 Å². The van der Waals surface area contributed by atoms with Crippen molar-refractivity contribution in [3.8, 4) is 0 Å². The first kappa shape index (κ1) is 31.1. The Balaban J connectivity index is 0. The smallest absolute Gasteiger partial charge is 0.0425 e. The monoisotopic (exact) mass is 453 g/mol. The van der Waals surface area contributed by atoms with Crippen molar-refractivity contribution in [1.82, 2.24) is 0 Å². The molecular weight excluding hydrogens is 405 g/mol. The van der Waals surface area contributed by atoms with E-state index in [1.54, 1.807) is 6.08 Å². The zero-order valence-corrected chi connectivity index (χ0v) is 22.9. The van der Waals surface area contributed by atoms with E-state index in [1.165, 1.54) is 44.2 Å². The van der Waals surface area contributed by atoms with Gasteiger partial charge in [-0.2, -0.15) is 0 Å². The summed E-state index contributed by atoms with van der Waals surface area (Å²) >= 11 is 0. The van der Waals surface area contributed by atoms with Crippen LogP contribution in [0.1, 0.15) is 99.8 Å². The number of rotatable bonds is 12. The van der Waals surface area contributed by atoms with Crippen molar-refractivity contribution < 1.29 is 21.7 Å². The van der Waals surface area contributed by atoms with Crippen molar-refractivity contribution in [1.29, 1.82) is 0 Å². The SMILES string of the molecule is C=CC=CCC.CCCC(C)P(=NC1=CC=CC1)(C(C)CCC)C(C)CCC.[Ti]. The van der Waals surface area contributed by atoms with Gasteiger partial charge in [0.15, 0.2) is 0 Å². The van der Waals surface area contributed by atoms with Crippen LogP contribution >= 0.6 is 7.05 Å². The van der Waals surface area contributed by atoms with Crippen molar-refractivity contribution in [3.63, 3.8) is 0 Å². The fourth-order valence-electron chi connectivity index (χ4n) is 4.44. The Bertz CT molecular complexity index is 521. The second kappa shape index (κ2) is 18.7. The summed E-state index contributed by atoms with van der Waals surface area (Å²) in [5, 5.41) is 0. The van der Waals surface area contributed by atoms with Crippen LogP contribution in [0.4, 0.5) is 0 Å². The standard InChI is InChI=1S/C20H38NP.C6H10.Ti/c1-7-12-17(4)22(18(5)13-8-2,19(6)14-9-3)21-20-15-10-11-16-20;1-3-5-6-4-2;/h10-11,15,17-19H,7-9,12-14,16H2,1-6H3;3,5-6H,1,4H2,2H3;. The average Bonchev–Trinajstić information content (AvgIpc) is 3.18. The van der Waals surface area contributed by atoms with Gasteiger partial charge in [-0.25, -0.2) is 0 Å². The van der Waals surface area contributed by atoms with Crippen molar-refractivity contribution >= 4 is 7.05 Å². The fraction of sp³-hybridized carbons (Fsp3) is 0.692. The normalized spacial score (nSPS) is 18.0. The van der Waals surface area contributed by atoms with Gasteiger partial charge in [-0.15, -0.1) is 0 Å². The summed E-state index contributed by atoms with van der Waals surface area (Å²) in [5.74, 6) is 0. The Morgan fingerprint density at radius 1 is 0.966 bits per heavy atom. The van der Waals surface area contributed by atoms with E-state index in [0.717, 1.165) is 29.8 Å². The number of hydrogen-bond donors (Lipinski definition) is 0. The van der Waals surface area contributed by atoms with E-state index in [-0.39, 0.29) is 21.7 Å². The van der Waals surface area contributed by atoms with E-state index >= 15 is 0 Å². The van der Waals surface area contributed by atoms with E-state index < -0.39 is 7.05 Å². The largest absolute Gasteiger partial charge is 0.271 e. The second-order valence-electron chi connectivity index (χ2n) is 8.17. The van der Waals surface area contributed by atoms with Gasteiger partial charge in [-0.3, -0.25) is 4.74 Å². The van der Waals surface area contributed by atoms with E-state index in [4.69, 9.17) is 4.74 Å². The second-order valence-corrected chi connectivity index (χ2v) is 12.6. The minimum atomic E-state index is -1.35. The summed E-state index contributed by atoms with van der Waals surface area (Å²) in [6.45, 7) is 20.1. The Kier molecular flexibility index (Phi) is 20.0. The molecule has 1 rings (SSSR count). The molecular formula is C26H48NPTi. The first-order valence-electron chi connectivity index (χ1n) is 11.7. The summed E-state index contributed by atoms with van der Waals surface area (Å²) < 4.78 is 5.57. The van der Waals surface area contributed by atoms with Gasteiger partial charge in [0.25, 0.3) is 0 Å². The van der Waals surface area contributed by atoms with Crippen molar-refractivity contribution in [2.75, 3.05) is 0 Å². The first-order valence-corrected chi connectivity index (χ1v) is 13.6. The fourth-order valence-corrected chi connectivity index (χ4v) is 10.2. The van der Waals surface area contributed by atoms with Gasteiger partial charge in [0.2, 0.25) is 0 Å². The number of allylic oxidation sites excluding steroid dienone is 6. The maximum absolute atomic E-state index is 5.57. The first-order chi connectivity index (χ1) is 13.4. The van der Waals surface area contributed by atoms with E-state index in [2.05, 4.69) is 79.3 Å². The minimum Gasteiger partial charge on any atom is -0.271 e. The molecule has 0 aliphatic heterocycles. The maximum atomic E-state index is 5.57. The molecule has 0 aromatic carbocycles. The van der Waals surface area contributed by atoms with Crippen molar-refractivity contribution in [2.24, 2.45) is 4.74 Å². The molecule has 0 saturated carbocycles. The molecule has 1 nitrogen and oxygen atoms in total. The van der Waals surface area contributed by atoms with Gasteiger partial charge in [0, 0.05) is 33.8 Å². The van der Waals surface area contributed by atoms with Gasteiger partial charge in [-0.1, -0.05) is 105 Å². The topological polar surface area (TPSA) is 12.4 Å². The van der Waals surface area contributed by atoms with Crippen LogP contribution in [-0.4, -0.2) is 17.0 Å².